The fraction of sp³-hybridized carbons (Fsp3) is 1.00. The second-order valence-corrected chi connectivity index (χ2v) is 6.07. The minimum absolute atomic E-state index is 0.0790. The van der Waals surface area contributed by atoms with Crippen LogP contribution >= 0.6 is 0 Å². The average molecular weight is 225 g/mol. The largest absolute Gasteiger partial charge is 0.389 e. The summed E-state index contributed by atoms with van der Waals surface area (Å²) in [7, 11) is 0. The Morgan fingerprint density at radius 2 is 1.88 bits per heavy atom. The summed E-state index contributed by atoms with van der Waals surface area (Å²) in [5.41, 5.74) is 5.58. The van der Waals surface area contributed by atoms with Crippen LogP contribution < -0.4 is 5.73 Å². The van der Waals surface area contributed by atoms with Gasteiger partial charge in [-0.15, -0.1) is 0 Å². The summed E-state index contributed by atoms with van der Waals surface area (Å²) in [5.74, 6) is 0.837. The summed E-state index contributed by atoms with van der Waals surface area (Å²) in [6.07, 6.45) is 10.5. The van der Waals surface area contributed by atoms with Crippen LogP contribution in [-0.2, 0) is 0 Å². The highest BCUT2D eigenvalue weighted by molar-refractivity contribution is 5.05. The quantitative estimate of drug-likeness (QED) is 0.726. The number of aliphatic hydroxyl groups is 1. The van der Waals surface area contributed by atoms with Gasteiger partial charge in [-0.2, -0.15) is 0 Å². The summed E-state index contributed by atoms with van der Waals surface area (Å²) in [6.45, 7) is 2.96. The lowest BCUT2D eigenvalue weighted by molar-refractivity contribution is -0.132. The van der Waals surface area contributed by atoms with Crippen molar-refractivity contribution in [2.75, 3.05) is 6.54 Å². The van der Waals surface area contributed by atoms with E-state index < -0.39 is 5.60 Å². The van der Waals surface area contributed by atoms with E-state index in [9.17, 15) is 5.11 Å². The van der Waals surface area contributed by atoms with Crippen molar-refractivity contribution in [3.8, 4) is 0 Å². The number of hydrogen-bond donors (Lipinski definition) is 2. The first-order chi connectivity index (χ1) is 7.66. The topological polar surface area (TPSA) is 46.2 Å². The van der Waals surface area contributed by atoms with Crippen LogP contribution in [0.15, 0.2) is 0 Å². The Bertz CT molecular complexity index is 231. The molecule has 0 aromatic carbocycles. The van der Waals surface area contributed by atoms with E-state index >= 15 is 0 Å². The molecule has 2 nitrogen and oxygen atoms in total. The SMILES string of the molecule is CCC1CCCC(O)(C2(CN)CCC2)CC1. The Balaban J connectivity index is 2.06. The van der Waals surface area contributed by atoms with E-state index in [2.05, 4.69) is 6.92 Å². The molecular weight excluding hydrogens is 198 g/mol. The van der Waals surface area contributed by atoms with Gasteiger partial charge >= 0.3 is 0 Å². The van der Waals surface area contributed by atoms with Gasteiger partial charge in [0.1, 0.15) is 0 Å². The lowest BCUT2D eigenvalue weighted by Gasteiger charge is -2.53. The zero-order valence-electron chi connectivity index (χ0n) is 10.7. The number of hydrogen-bond acceptors (Lipinski definition) is 2. The van der Waals surface area contributed by atoms with Crippen molar-refractivity contribution < 1.29 is 5.11 Å². The molecule has 0 spiro atoms. The molecule has 0 amide bonds. The lowest BCUT2D eigenvalue weighted by atomic mass is 9.56. The molecule has 0 radical (unpaired) electrons. The van der Waals surface area contributed by atoms with Crippen molar-refractivity contribution in [3.63, 3.8) is 0 Å². The Labute approximate surface area is 99.6 Å². The monoisotopic (exact) mass is 225 g/mol. The van der Waals surface area contributed by atoms with E-state index in [1.807, 2.05) is 0 Å². The molecule has 2 heteroatoms. The lowest BCUT2D eigenvalue weighted by Crippen LogP contribution is -2.56. The van der Waals surface area contributed by atoms with Crippen LogP contribution in [0, 0.1) is 11.3 Å². The van der Waals surface area contributed by atoms with E-state index in [0.717, 1.165) is 31.6 Å². The maximum atomic E-state index is 11.0. The van der Waals surface area contributed by atoms with E-state index in [4.69, 9.17) is 5.73 Å². The minimum Gasteiger partial charge on any atom is -0.389 e. The molecule has 16 heavy (non-hydrogen) atoms. The van der Waals surface area contributed by atoms with E-state index in [1.54, 1.807) is 0 Å². The molecule has 2 saturated carbocycles. The van der Waals surface area contributed by atoms with Crippen LogP contribution in [0.4, 0.5) is 0 Å². The summed E-state index contributed by atoms with van der Waals surface area (Å²) in [5, 5.41) is 11.0. The highest BCUT2D eigenvalue weighted by Crippen LogP contribution is 2.53. The molecule has 2 rings (SSSR count). The summed E-state index contributed by atoms with van der Waals surface area (Å²) < 4.78 is 0. The average Bonchev–Trinajstić information content (AvgIpc) is 2.40. The van der Waals surface area contributed by atoms with Gasteiger partial charge in [-0.3, -0.25) is 0 Å². The molecule has 94 valence electrons. The van der Waals surface area contributed by atoms with Gasteiger partial charge in [0.25, 0.3) is 0 Å². The molecular formula is C14H27NO. The number of nitrogens with two attached hydrogens (primary N) is 1. The van der Waals surface area contributed by atoms with Crippen LogP contribution in [0.2, 0.25) is 0 Å². The Kier molecular flexibility index (Phi) is 3.60. The third kappa shape index (κ3) is 1.91. The van der Waals surface area contributed by atoms with Gasteiger partial charge in [0.2, 0.25) is 0 Å². The van der Waals surface area contributed by atoms with Gasteiger partial charge in [-0.1, -0.05) is 32.6 Å². The van der Waals surface area contributed by atoms with Gasteiger partial charge in [-0.25, -0.2) is 0 Å². The van der Waals surface area contributed by atoms with Gasteiger partial charge in [0.15, 0.2) is 0 Å². The maximum absolute atomic E-state index is 11.0. The molecule has 0 heterocycles. The third-order valence-electron chi connectivity index (χ3n) is 5.43. The predicted molar refractivity (Wildman–Crippen MR) is 67.2 cm³/mol. The zero-order valence-corrected chi connectivity index (χ0v) is 10.7. The number of rotatable bonds is 3. The van der Waals surface area contributed by atoms with E-state index in [-0.39, 0.29) is 5.41 Å². The van der Waals surface area contributed by atoms with E-state index in [0.29, 0.717) is 6.54 Å². The fourth-order valence-electron chi connectivity index (χ4n) is 3.80. The molecule has 0 bridgehead atoms. The van der Waals surface area contributed by atoms with Crippen LogP contribution in [0.1, 0.15) is 64.7 Å². The zero-order chi connectivity index (χ0) is 11.6. The van der Waals surface area contributed by atoms with Gasteiger partial charge in [-0.05, 0) is 38.0 Å². The smallest absolute Gasteiger partial charge is 0.0715 e. The van der Waals surface area contributed by atoms with Crippen molar-refractivity contribution in [1.29, 1.82) is 0 Å². The molecule has 3 N–H and O–H groups in total. The van der Waals surface area contributed by atoms with Gasteiger partial charge in [0.05, 0.1) is 5.60 Å². The predicted octanol–water partition coefficient (Wildman–Crippen LogP) is 2.84. The molecule has 2 aliphatic carbocycles. The molecule has 0 aliphatic heterocycles. The van der Waals surface area contributed by atoms with Crippen molar-refractivity contribution in [2.45, 2.75) is 70.3 Å². The third-order valence-corrected chi connectivity index (χ3v) is 5.43. The highest BCUT2D eigenvalue weighted by Gasteiger charge is 2.52. The highest BCUT2D eigenvalue weighted by atomic mass is 16.3. The van der Waals surface area contributed by atoms with Crippen LogP contribution in [0.3, 0.4) is 0 Å². The molecule has 2 unspecified atom stereocenters. The molecule has 0 aromatic rings. The Hall–Kier alpha value is -0.0800. The van der Waals surface area contributed by atoms with Crippen molar-refractivity contribution >= 4 is 0 Å². The van der Waals surface area contributed by atoms with Crippen molar-refractivity contribution in [1.82, 2.24) is 0 Å². The van der Waals surface area contributed by atoms with Crippen LogP contribution in [-0.4, -0.2) is 17.3 Å². The normalized spacial score (nSPS) is 38.8. The summed E-state index contributed by atoms with van der Waals surface area (Å²) >= 11 is 0. The van der Waals surface area contributed by atoms with Crippen LogP contribution in [0.25, 0.3) is 0 Å². The first-order valence-electron chi connectivity index (χ1n) is 7.08. The van der Waals surface area contributed by atoms with Crippen molar-refractivity contribution in [2.24, 2.45) is 17.1 Å². The standard InChI is InChI=1S/C14H27NO/c1-2-12-5-3-9-14(16,10-6-12)13(11-15)7-4-8-13/h12,16H,2-11,15H2,1H3. The van der Waals surface area contributed by atoms with Gasteiger partial charge in [0, 0.05) is 12.0 Å². The second-order valence-electron chi connectivity index (χ2n) is 6.07. The first-order valence-corrected chi connectivity index (χ1v) is 7.08. The first kappa shape index (κ1) is 12.4. The molecule has 0 saturated heterocycles. The van der Waals surface area contributed by atoms with E-state index in [1.165, 1.54) is 32.1 Å². The molecule has 2 fully saturated rings. The minimum atomic E-state index is -0.441. The second kappa shape index (κ2) is 4.66. The maximum Gasteiger partial charge on any atom is 0.0715 e. The van der Waals surface area contributed by atoms with Crippen molar-refractivity contribution in [3.05, 3.63) is 0 Å². The van der Waals surface area contributed by atoms with Crippen LogP contribution in [0.5, 0.6) is 0 Å². The van der Waals surface area contributed by atoms with Gasteiger partial charge < -0.3 is 10.8 Å². The molecule has 0 aromatic heterocycles. The Morgan fingerprint density at radius 3 is 2.38 bits per heavy atom. The fourth-order valence-corrected chi connectivity index (χ4v) is 3.80. The molecule has 2 atom stereocenters. The summed E-state index contributed by atoms with van der Waals surface area (Å²) in [6, 6.07) is 0. The Morgan fingerprint density at radius 1 is 1.12 bits per heavy atom. The molecule has 2 aliphatic rings. The summed E-state index contributed by atoms with van der Waals surface area (Å²) in [4.78, 5) is 0.